The quantitative estimate of drug-likeness (QED) is 0.437. The number of hydrogen-bond donors (Lipinski definition) is 1. The number of oxime groups is 1. The van der Waals surface area contributed by atoms with E-state index in [4.69, 9.17) is 8.95 Å². The number of alkyl carbamates (subject to hydrolysis) is 1. The molecule has 0 fully saturated rings. The Balaban J connectivity index is 5.21. The number of carbonyl (C=O) groups excluding carboxylic acids is 2. The molecule has 0 spiro atoms. The van der Waals surface area contributed by atoms with E-state index in [0.29, 0.717) is 4.90 Å². The third-order valence-corrected chi connectivity index (χ3v) is 1.41. The SMILES string of the molecule is [2H]C([2H])([2H])N(CC(C)=O)/C(=N/OCC)NC(=O)OCC. The summed E-state index contributed by atoms with van der Waals surface area (Å²) >= 11 is 0. The van der Waals surface area contributed by atoms with Crippen LogP contribution in [0.4, 0.5) is 4.79 Å². The zero-order valence-corrected chi connectivity index (χ0v) is 10.1. The highest BCUT2D eigenvalue weighted by Gasteiger charge is 2.13. The highest BCUT2D eigenvalue weighted by Crippen LogP contribution is 1.90. The second-order valence-corrected chi connectivity index (χ2v) is 2.97. The molecule has 0 aromatic carbocycles. The molecule has 7 heteroatoms. The maximum atomic E-state index is 11.4. The van der Waals surface area contributed by atoms with Crippen LogP contribution in [0.3, 0.4) is 0 Å². The standard InChI is InChI=1S/C10H19N3O4/c1-5-16-10(15)11-9(12-17-6-2)13(4)7-8(3)14/h5-7H2,1-4H3,(H,11,12,15)/i4D3. The van der Waals surface area contributed by atoms with Crippen LogP contribution >= 0.6 is 0 Å². The van der Waals surface area contributed by atoms with Crippen molar-refractivity contribution in [2.45, 2.75) is 20.8 Å². The summed E-state index contributed by atoms with van der Waals surface area (Å²) < 4.78 is 26.8. The molecule has 17 heavy (non-hydrogen) atoms. The van der Waals surface area contributed by atoms with Crippen LogP contribution in [-0.4, -0.2) is 49.5 Å². The summed E-state index contributed by atoms with van der Waals surface area (Å²) in [4.78, 5) is 27.9. The van der Waals surface area contributed by atoms with Crippen molar-refractivity contribution in [1.82, 2.24) is 10.2 Å². The average molecular weight is 248 g/mol. The van der Waals surface area contributed by atoms with Gasteiger partial charge in [0, 0.05) is 11.1 Å². The number of ketones is 1. The number of nitrogens with zero attached hydrogens (tertiary/aromatic N) is 2. The van der Waals surface area contributed by atoms with Crippen LogP contribution < -0.4 is 5.32 Å². The summed E-state index contributed by atoms with van der Waals surface area (Å²) in [6.45, 7) is 1.61. The molecule has 0 radical (unpaired) electrons. The number of guanidine groups is 1. The van der Waals surface area contributed by atoms with Gasteiger partial charge in [-0.25, -0.2) is 4.79 Å². The molecule has 7 nitrogen and oxygen atoms in total. The molecule has 0 saturated heterocycles. The highest BCUT2D eigenvalue weighted by atomic mass is 16.6. The number of rotatable bonds is 5. The van der Waals surface area contributed by atoms with Crippen LogP contribution in [-0.2, 0) is 14.4 Å². The van der Waals surface area contributed by atoms with Gasteiger partial charge in [0.05, 0.1) is 13.2 Å². The smallest absolute Gasteiger partial charge is 0.414 e. The van der Waals surface area contributed by atoms with Crippen molar-refractivity contribution in [3.05, 3.63) is 0 Å². The van der Waals surface area contributed by atoms with E-state index in [1.807, 2.05) is 0 Å². The van der Waals surface area contributed by atoms with E-state index in [-0.39, 0.29) is 13.2 Å². The van der Waals surface area contributed by atoms with E-state index in [1.54, 1.807) is 13.8 Å². The van der Waals surface area contributed by atoms with Crippen molar-refractivity contribution in [2.24, 2.45) is 5.16 Å². The maximum absolute atomic E-state index is 11.4. The van der Waals surface area contributed by atoms with Crippen LogP contribution in [0.2, 0.25) is 0 Å². The molecule has 0 aromatic heterocycles. The zero-order valence-electron chi connectivity index (χ0n) is 13.1. The minimum Gasteiger partial charge on any atom is -0.450 e. The lowest BCUT2D eigenvalue weighted by Gasteiger charge is -2.19. The lowest BCUT2D eigenvalue weighted by atomic mass is 10.4. The van der Waals surface area contributed by atoms with Crippen molar-refractivity contribution in [3.63, 3.8) is 0 Å². The van der Waals surface area contributed by atoms with Crippen LogP contribution in [0.5, 0.6) is 0 Å². The second-order valence-electron chi connectivity index (χ2n) is 2.97. The third-order valence-electron chi connectivity index (χ3n) is 1.41. The second kappa shape index (κ2) is 8.37. The topological polar surface area (TPSA) is 80.2 Å². The van der Waals surface area contributed by atoms with Crippen LogP contribution in [0.25, 0.3) is 0 Å². The van der Waals surface area contributed by atoms with Gasteiger partial charge >= 0.3 is 6.09 Å². The molecular weight excluding hydrogens is 226 g/mol. The number of likely N-dealkylation sites (N-methyl/N-ethyl adjacent to an activating group) is 1. The molecule has 1 amide bonds. The van der Waals surface area contributed by atoms with E-state index in [1.165, 1.54) is 6.92 Å². The molecule has 0 aromatic rings. The predicted molar refractivity (Wildman–Crippen MR) is 62.5 cm³/mol. The first-order chi connectivity index (χ1) is 9.22. The van der Waals surface area contributed by atoms with Gasteiger partial charge in [-0.2, -0.15) is 0 Å². The molecule has 98 valence electrons. The Morgan fingerprint density at radius 2 is 2.12 bits per heavy atom. The first-order valence-electron chi connectivity index (χ1n) is 6.63. The van der Waals surface area contributed by atoms with Gasteiger partial charge in [0.25, 0.3) is 0 Å². The number of Topliss-reactive ketones (excluding diaryl/α,β-unsaturated/α-hetero) is 1. The lowest BCUT2D eigenvalue weighted by molar-refractivity contribution is -0.117. The Labute approximate surface area is 105 Å². The number of ether oxygens (including phenoxy) is 1. The molecule has 0 heterocycles. The molecule has 0 bridgehead atoms. The van der Waals surface area contributed by atoms with Gasteiger partial charge in [-0.1, -0.05) is 0 Å². The zero-order chi connectivity index (χ0) is 15.8. The summed E-state index contributed by atoms with van der Waals surface area (Å²) in [6.07, 6.45) is -0.885. The Morgan fingerprint density at radius 1 is 1.41 bits per heavy atom. The minimum absolute atomic E-state index is 0.105. The number of nitrogens with one attached hydrogen (secondary N) is 1. The van der Waals surface area contributed by atoms with Gasteiger partial charge in [0.15, 0.2) is 0 Å². The van der Waals surface area contributed by atoms with E-state index >= 15 is 0 Å². The van der Waals surface area contributed by atoms with Crippen LogP contribution in [0.15, 0.2) is 5.16 Å². The van der Waals surface area contributed by atoms with Crippen molar-refractivity contribution in [1.29, 1.82) is 0 Å². The number of amides is 1. The summed E-state index contributed by atoms with van der Waals surface area (Å²) in [6, 6.07) is 0. The molecule has 0 rings (SSSR count). The van der Waals surface area contributed by atoms with E-state index in [2.05, 4.69) is 15.2 Å². The van der Waals surface area contributed by atoms with Crippen molar-refractivity contribution < 1.29 is 23.3 Å². The fraction of sp³-hybridized carbons (Fsp3) is 0.700. The van der Waals surface area contributed by atoms with E-state index in [9.17, 15) is 9.59 Å². The Bertz CT molecular complexity index is 371. The van der Waals surface area contributed by atoms with Gasteiger partial charge in [-0.15, -0.1) is 0 Å². The largest absolute Gasteiger partial charge is 0.450 e. The fourth-order valence-corrected chi connectivity index (χ4v) is 0.821. The first kappa shape index (κ1) is 10.4. The first-order valence-corrected chi connectivity index (χ1v) is 5.13. The number of hydrogen-bond acceptors (Lipinski definition) is 5. The van der Waals surface area contributed by atoms with Crippen LogP contribution in [0, 0.1) is 0 Å². The molecule has 0 unspecified atom stereocenters. The summed E-state index contributed by atoms with van der Waals surface area (Å²) in [5.74, 6) is -0.809. The van der Waals surface area contributed by atoms with Gasteiger partial charge < -0.3 is 14.5 Å². The minimum atomic E-state index is -2.67. The van der Waals surface area contributed by atoms with E-state index in [0.717, 1.165) is 0 Å². The third kappa shape index (κ3) is 7.15. The molecule has 0 aliphatic rings. The van der Waals surface area contributed by atoms with Gasteiger partial charge in [-0.3, -0.25) is 10.1 Å². The van der Waals surface area contributed by atoms with E-state index < -0.39 is 31.4 Å². The fourth-order valence-electron chi connectivity index (χ4n) is 0.821. The van der Waals surface area contributed by atoms with Crippen molar-refractivity contribution >= 4 is 17.8 Å². The Kier molecular flexibility index (Phi) is 5.11. The summed E-state index contributed by atoms with van der Waals surface area (Å²) in [7, 11) is 0. The Hall–Kier alpha value is -1.79. The van der Waals surface area contributed by atoms with Crippen molar-refractivity contribution in [2.75, 3.05) is 26.7 Å². The Morgan fingerprint density at radius 3 is 2.59 bits per heavy atom. The number of carbonyl (C=O) groups is 2. The molecule has 0 atom stereocenters. The monoisotopic (exact) mass is 248 g/mol. The van der Waals surface area contributed by atoms with Crippen LogP contribution in [0.1, 0.15) is 24.9 Å². The molecular formula is C10H19N3O4. The van der Waals surface area contributed by atoms with Gasteiger partial charge in [-0.05, 0) is 25.9 Å². The molecule has 0 aliphatic carbocycles. The predicted octanol–water partition coefficient (Wildman–Crippen LogP) is 0.561. The summed E-state index contributed by atoms with van der Waals surface area (Å²) in [5, 5.41) is 5.64. The normalized spacial score (nSPS) is 14.1. The van der Waals surface area contributed by atoms with Crippen molar-refractivity contribution in [3.8, 4) is 0 Å². The lowest BCUT2D eigenvalue weighted by Crippen LogP contribution is -2.44. The average Bonchev–Trinajstić information content (AvgIpc) is 2.30. The molecule has 0 saturated carbocycles. The molecule has 1 N–H and O–H groups in total. The van der Waals surface area contributed by atoms with Gasteiger partial charge in [0.1, 0.15) is 12.4 Å². The summed E-state index contributed by atoms with van der Waals surface area (Å²) in [5.41, 5.74) is 0. The highest BCUT2D eigenvalue weighted by molar-refractivity contribution is 5.95. The van der Waals surface area contributed by atoms with Gasteiger partial charge in [0.2, 0.25) is 5.96 Å². The maximum Gasteiger partial charge on any atom is 0.414 e. The molecule has 0 aliphatic heterocycles.